The van der Waals surface area contributed by atoms with E-state index in [2.05, 4.69) is 20.9 Å². The summed E-state index contributed by atoms with van der Waals surface area (Å²) in [5.74, 6) is -0.376. The van der Waals surface area contributed by atoms with Crippen LogP contribution in [0.25, 0.3) is 0 Å². The Bertz CT molecular complexity index is 489. The smallest absolute Gasteiger partial charge is 0.325 e. The van der Waals surface area contributed by atoms with Gasteiger partial charge in [0.1, 0.15) is 11.4 Å². The molecule has 0 fully saturated rings. The van der Waals surface area contributed by atoms with Crippen molar-refractivity contribution in [2.75, 3.05) is 19.7 Å². The molecule has 0 N–H and O–H groups in total. The molecule has 2 heterocycles. The standard InChI is InChI=1S/C11H13BrN2O3S/c1-3-17-7(15)5-14-4-6(2)8-9(10(14)16)18-11(12)13-8/h6H,3-5H2,1-2H3. The molecule has 0 radical (unpaired) electrons. The normalized spacial score (nSPS) is 18.7. The van der Waals surface area contributed by atoms with E-state index < -0.39 is 0 Å². The lowest BCUT2D eigenvalue weighted by Gasteiger charge is -2.28. The van der Waals surface area contributed by atoms with Gasteiger partial charge >= 0.3 is 5.97 Å². The quantitative estimate of drug-likeness (QED) is 0.794. The summed E-state index contributed by atoms with van der Waals surface area (Å²) in [6, 6.07) is 0. The highest BCUT2D eigenvalue weighted by atomic mass is 79.9. The number of carbonyl (C=O) groups excluding carboxylic acids is 2. The molecular formula is C11H13BrN2O3S. The lowest BCUT2D eigenvalue weighted by Crippen LogP contribution is -2.42. The number of nitrogens with zero attached hydrogens (tertiary/aromatic N) is 2. The van der Waals surface area contributed by atoms with Gasteiger partial charge in [0, 0.05) is 12.5 Å². The van der Waals surface area contributed by atoms with Crippen LogP contribution in [0.4, 0.5) is 0 Å². The maximum Gasteiger partial charge on any atom is 0.325 e. The van der Waals surface area contributed by atoms with Crippen LogP contribution in [0.3, 0.4) is 0 Å². The second kappa shape index (κ2) is 5.36. The molecule has 1 aromatic rings. The van der Waals surface area contributed by atoms with E-state index in [9.17, 15) is 9.59 Å². The number of hydrogen-bond acceptors (Lipinski definition) is 5. The summed E-state index contributed by atoms with van der Waals surface area (Å²) in [5.41, 5.74) is 0.817. The molecule has 0 aromatic carbocycles. The zero-order chi connectivity index (χ0) is 13.3. The molecule has 98 valence electrons. The molecule has 1 atom stereocenters. The molecule has 1 aliphatic rings. The molecule has 0 spiro atoms. The minimum atomic E-state index is -0.370. The Labute approximate surface area is 117 Å². The highest BCUT2D eigenvalue weighted by Gasteiger charge is 2.33. The molecule has 0 aliphatic carbocycles. The molecule has 1 aromatic heterocycles. The monoisotopic (exact) mass is 332 g/mol. The predicted octanol–water partition coefficient (Wildman–Crippen LogP) is 2.03. The average Bonchev–Trinajstić information content (AvgIpc) is 2.69. The van der Waals surface area contributed by atoms with Crippen molar-refractivity contribution in [3.05, 3.63) is 14.5 Å². The topological polar surface area (TPSA) is 59.5 Å². The number of halogens is 1. The van der Waals surface area contributed by atoms with Gasteiger partial charge in [0.05, 0.1) is 12.3 Å². The summed E-state index contributed by atoms with van der Waals surface area (Å²) in [6.07, 6.45) is 0. The molecule has 7 heteroatoms. The molecule has 5 nitrogen and oxygen atoms in total. The summed E-state index contributed by atoms with van der Waals surface area (Å²) >= 11 is 4.60. The van der Waals surface area contributed by atoms with Crippen LogP contribution >= 0.6 is 27.3 Å². The van der Waals surface area contributed by atoms with Crippen LogP contribution < -0.4 is 0 Å². The molecule has 1 amide bonds. The van der Waals surface area contributed by atoms with Gasteiger partial charge in [-0.1, -0.05) is 6.92 Å². The fourth-order valence-electron chi connectivity index (χ4n) is 1.93. The van der Waals surface area contributed by atoms with E-state index in [1.807, 2.05) is 6.92 Å². The van der Waals surface area contributed by atoms with Gasteiger partial charge in [-0.05, 0) is 22.9 Å². The SMILES string of the molecule is CCOC(=O)CN1CC(C)c2nc(Br)sc2C1=O. The van der Waals surface area contributed by atoms with Gasteiger partial charge < -0.3 is 9.64 Å². The second-order valence-electron chi connectivity index (χ2n) is 4.07. The Morgan fingerprint density at radius 1 is 1.67 bits per heavy atom. The minimum absolute atomic E-state index is 0.00592. The fraction of sp³-hybridized carbons (Fsp3) is 0.545. The second-order valence-corrected chi connectivity index (χ2v) is 6.35. The number of esters is 1. The Morgan fingerprint density at radius 2 is 2.39 bits per heavy atom. The highest BCUT2D eigenvalue weighted by molar-refractivity contribution is 9.11. The summed E-state index contributed by atoms with van der Waals surface area (Å²) in [4.78, 5) is 30.1. The predicted molar refractivity (Wildman–Crippen MR) is 70.8 cm³/mol. The van der Waals surface area contributed by atoms with Crippen LogP contribution in [0, 0.1) is 0 Å². The third kappa shape index (κ3) is 2.56. The van der Waals surface area contributed by atoms with E-state index in [0.29, 0.717) is 21.9 Å². The minimum Gasteiger partial charge on any atom is -0.465 e. The van der Waals surface area contributed by atoms with Gasteiger partial charge in [0.15, 0.2) is 3.92 Å². The van der Waals surface area contributed by atoms with Crippen molar-refractivity contribution in [3.8, 4) is 0 Å². The van der Waals surface area contributed by atoms with Crippen molar-refractivity contribution in [1.29, 1.82) is 0 Å². The zero-order valence-electron chi connectivity index (χ0n) is 10.1. The molecule has 0 saturated heterocycles. The first-order chi connectivity index (χ1) is 8.52. The maximum absolute atomic E-state index is 12.2. The Morgan fingerprint density at radius 3 is 3.06 bits per heavy atom. The summed E-state index contributed by atoms with van der Waals surface area (Å²) in [6.45, 7) is 4.58. The van der Waals surface area contributed by atoms with Gasteiger partial charge in [-0.25, -0.2) is 4.98 Å². The number of hydrogen-bond donors (Lipinski definition) is 0. The average molecular weight is 333 g/mol. The number of rotatable bonds is 3. The molecule has 1 aliphatic heterocycles. The van der Waals surface area contributed by atoms with E-state index in [-0.39, 0.29) is 24.3 Å². The first-order valence-electron chi connectivity index (χ1n) is 5.64. The van der Waals surface area contributed by atoms with Crippen molar-refractivity contribution in [1.82, 2.24) is 9.88 Å². The van der Waals surface area contributed by atoms with Crippen molar-refractivity contribution < 1.29 is 14.3 Å². The van der Waals surface area contributed by atoms with E-state index in [4.69, 9.17) is 4.74 Å². The molecule has 0 bridgehead atoms. The first-order valence-corrected chi connectivity index (χ1v) is 7.25. The van der Waals surface area contributed by atoms with E-state index in [0.717, 1.165) is 5.69 Å². The van der Waals surface area contributed by atoms with Crippen molar-refractivity contribution in [2.24, 2.45) is 0 Å². The van der Waals surface area contributed by atoms with E-state index >= 15 is 0 Å². The Kier molecular flexibility index (Phi) is 4.01. The van der Waals surface area contributed by atoms with Crippen molar-refractivity contribution in [2.45, 2.75) is 19.8 Å². The van der Waals surface area contributed by atoms with Gasteiger partial charge in [0.25, 0.3) is 5.91 Å². The highest BCUT2D eigenvalue weighted by Crippen LogP contribution is 2.33. The summed E-state index contributed by atoms with van der Waals surface area (Å²) < 4.78 is 5.57. The van der Waals surface area contributed by atoms with Gasteiger partial charge in [0.2, 0.25) is 0 Å². The third-order valence-electron chi connectivity index (χ3n) is 2.70. The van der Waals surface area contributed by atoms with Gasteiger partial charge in [-0.2, -0.15) is 0 Å². The molecule has 18 heavy (non-hydrogen) atoms. The van der Waals surface area contributed by atoms with Gasteiger partial charge in [-0.15, -0.1) is 11.3 Å². The fourth-order valence-corrected chi connectivity index (χ4v) is 3.49. The van der Waals surface area contributed by atoms with Crippen LogP contribution in [-0.2, 0) is 9.53 Å². The third-order valence-corrected chi connectivity index (χ3v) is 4.21. The first kappa shape index (κ1) is 13.5. The van der Waals surface area contributed by atoms with Crippen LogP contribution in [0.15, 0.2) is 3.92 Å². The van der Waals surface area contributed by atoms with Crippen molar-refractivity contribution in [3.63, 3.8) is 0 Å². The van der Waals surface area contributed by atoms with E-state index in [1.54, 1.807) is 6.92 Å². The number of fused-ring (bicyclic) bond motifs is 1. The number of aromatic nitrogens is 1. The lowest BCUT2D eigenvalue weighted by molar-refractivity contribution is -0.143. The molecule has 1 unspecified atom stereocenters. The summed E-state index contributed by atoms with van der Waals surface area (Å²) in [5, 5.41) is 0. The number of thiazole rings is 1. The Hall–Kier alpha value is -0.950. The van der Waals surface area contributed by atoms with Crippen LogP contribution in [0.5, 0.6) is 0 Å². The zero-order valence-corrected chi connectivity index (χ0v) is 12.5. The molecule has 2 rings (SSSR count). The molecule has 0 saturated carbocycles. The maximum atomic E-state index is 12.2. The summed E-state index contributed by atoms with van der Waals surface area (Å²) in [7, 11) is 0. The van der Waals surface area contributed by atoms with Crippen LogP contribution in [0.1, 0.15) is 35.1 Å². The lowest BCUT2D eigenvalue weighted by atomic mass is 10.0. The van der Waals surface area contributed by atoms with Gasteiger partial charge in [-0.3, -0.25) is 9.59 Å². The van der Waals surface area contributed by atoms with Crippen LogP contribution in [-0.4, -0.2) is 41.5 Å². The van der Waals surface area contributed by atoms with E-state index in [1.165, 1.54) is 16.2 Å². The number of amides is 1. The molecular weight excluding hydrogens is 320 g/mol. The Balaban J connectivity index is 2.18. The number of ether oxygens (including phenoxy) is 1. The van der Waals surface area contributed by atoms with Crippen LogP contribution in [0.2, 0.25) is 0 Å². The largest absolute Gasteiger partial charge is 0.465 e. The number of carbonyl (C=O) groups is 2. The van der Waals surface area contributed by atoms with Crippen molar-refractivity contribution >= 4 is 39.1 Å².